The number of rotatable bonds is 10. The Hall–Kier alpha value is -5.48. The topological polar surface area (TPSA) is 176 Å². The minimum absolute atomic E-state index is 0. The smallest absolute Gasteiger partial charge is 0.389 e. The molecule has 0 unspecified atom stereocenters. The third-order valence-electron chi connectivity index (χ3n) is 10.9. The molecule has 0 radical (unpaired) electrons. The van der Waals surface area contributed by atoms with E-state index in [1.165, 1.54) is 37.9 Å². The zero-order valence-electron chi connectivity index (χ0n) is 35.3. The van der Waals surface area contributed by atoms with Gasteiger partial charge in [-0.1, -0.05) is 35.5 Å². The molecule has 0 amide bonds. The molecule has 1 N–H and O–H groups in total. The molecule has 0 fully saturated rings. The van der Waals surface area contributed by atoms with Gasteiger partial charge in [-0.2, -0.15) is 0 Å². The lowest BCUT2D eigenvalue weighted by Crippen LogP contribution is -2.20. The molecule has 0 aliphatic rings. The van der Waals surface area contributed by atoms with E-state index in [4.69, 9.17) is 18.7 Å². The fourth-order valence-corrected chi connectivity index (χ4v) is 8.31. The van der Waals surface area contributed by atoms with Crippen LogP contribution in [-0.4, -0.2) is 41.3 Å². The second kappa shape index (κ2) is 19.5. The molecule has 4 heterocycles. The first kappa shape index (κ1) is 47.9. The molecule has 6 aromatic rings. The molecule has 0 saturated heterocycles. The predicted octanol–water partition coefficient (Wildman–Crippen LogP) is 9.18. The Bertz CT molecular complexity index is 2590. The van der Waals surface area contributed by atoms with Crippen LogP contribution < -0.4 is 11.5 Å². The summed E-state index contributed by atoms with van der Waals surface area (Å²) in [6, 6.07) is 0. The van der Waals surface area contributed by atoms with E-state index in [9.17, 15) is 9.59 Å². The SMILES string of the molecule is C.C.Cc1nc(CON=C(c2c(C)c(C)c(C)c(C)c2C)c2noc(=O)n2C)c(C)s1.Cc1nc(CON=C(c2noc(=O)[nH]2)c2c(C)c(C)c(C)c(C)c2C)c(C)s1. The Kier molecular flexibility index (Phi) is 15.8. The minimum atomic E-state index is -0.635. The normalized spacial score (nSPS) is 11.5. The second-order valence-electron chi connectivity index (χ2n) is 14.2. The highest BCUT2D eigenvalue weighted by molar-refractivity contribution is 7.11. The van der Waals surface area contributed by atoms with E-state index in [0.29, 0.717) is 17.2 Å². The van der Waals surface area contributed by atoms with Crippen LogP contribution in [0.3, 0.4) is 0 Å². The van der Waals surface area contributed by atoms with Crippen molar-refractivity contribution < 1.29 is 18.7 Å². The average Bonchev–Trinajstić information content (AvgIpc) is 3.93. The van der Waals surface area contributed by atoms with Crippen molar-refractivity contribution in [2.75, 3.05) is 0 Å². The molecule has 0 aliphatic carbocycles. The summed E-state index contributed by atoms with van der Waals surface area (Å²) in [7, 11) is 1.61. The van der Waals surface area contributed by atoms with Gasteiger partial charge in [-0.15, -0.1) is 22.7 Å². The van der Waals surface area contributed by atoms with Crippen molar-refractivity contribution in [2.24, 2.45) is 17.4 Å². The zero-order valence-corrected chi connectivity index (χ0v) is 36.9. The van der Waals surface area contributed by atoms with E-state index in [1.54, 1.807) is 29.7 Å². The van der Waals surface area contributed by atoms with Gasteiger partial charge in [-0.25, -0.2) is 19.6 Å². The number of H-pyrrole nitrogens is 1. The first-order chi connectivity index (χ1) is 26.8. The summed E-state index contributed by atoms with van der Waals surface area (Å²) in [5.74, 6) is -0.612. The van der Waals surface area contributed by atoms with Crippen molar-refractivity contribution in [3.05, 3.63) is 131 Å². The van der Waals surface area contributed by atoms with Gasteiger partial charge in [0, 0.05) is 27.9 Å². The highest BCUT2D eigenvalue weighted by Crippen LogP contribution is 2.30. The molecular formula is C43H58N8O6S2. The van der Waals surface area contributed by atoms with Gasteiger partial charge >= 0.3 is 11.5 Å². The summed E-state index contributed by atoms with van der Waals surface area (Å²) in [4.78, 5) is 48.5. The number of aryl methyl sites for hydroxylation is 4. The molecule has 59 heavy (non-hydrogen) atoms. The highest BCUT2D eigenvalue weighted by atomic mass is 32.1. The fraction of sp³-hybridized carbons (Fsp3) is 0.442. The van der Waals surface area contributed by atoms with Gasteiger partial charge in [0.2, 0.25) is 11.6 Å². The van der Waals surface area contributed by atoms with Crippen molar-refractivity contribution in [2.45, 2.75) is 125 Å². The summed E-state index contributed by atoms with van der Waals surface area (Å²) >= 11 is 3.24. The van der Waals surface area contributed by atoms with Crippen LogP contribution in [-0.2, 0) is 29.9 Å². The van der Waals surface area contributed by atoms with E-state index in [2.05, 4.69) is 77.1 Å². The van der Waals surface area contributed by atoms with E-state index >= 15 is 0 Å². The maximum absolute atomic E-state index is 11.9. The van der Waals surface area contributed by atoms with Crippen LogP contribution in [0.4, 0.5) is 0 Å². The Morgan fingerprint density at radius 3 is 1.32 bits per heavy atom. The van der Waals surface area contributed by atoms with Gasteiger partial charge in [-0.3, -0.25) is 18.6 Å². The van der Waals surface area contributed by atoms with Crippen LogP contribution in [0.15, 0.2) is 28.9 Å². The highest BCUT2D eigenvalue weighted by Gasteiger charge is 2.25. The van der Waals surface area contributed by atoms with Gasteiger partial charge in [0.05, 0.1) is 21.4 Å². The van der Waals surface area contributed by atoms with Gasteiger partial charge in [0.1, 0.15) is 0 Å². The first-order valence-corrected chi connectivity index (χ1v) is 20.0. The molecule has 318 valence electrons. The number of hydrogen-bond donors (Lipinski definition) is 1. The molecule has 14 nitrogen and oxygen atoms in total. The number of aromatic nitrogens is 6. The molecule has 0 saturated carbocycles. The minimum Gasteiger partial charge on any atom is -0.389 e. The maximum atomic E-state index is 11.9. The van der Waals surface area contributed by atoms with Crippen LogP contribution in [0.1, 0.15) is 124 Å². The number of nitrogens with one attached hydrogen (secondary N) is 1. The monoisotopic (exact) mass is 846 g/mol. The average molecular weight is 847 g/mol. The Morgan fingerprint density at radius 2 is 0.983 bits per heavy atom. The molecule has 0 aliphatic heterocycles. The van der Waals surface area contributed by atoms with Crippen molar-refractivity contribution in [1.82, 2.24) is 29.8 Å². The van der Waals surface area contributed by atoms with Crippen LogP contribution >= 0.6 is 22.7 Å². The lowest BCUT2D eigenvalue weighted by molar-refractivity contribution is 0.128. The van der Waals surface area contributed by atoms with Crippen LogP contribution in [0, 0.1) is 96.9 Å². The van der Waals surface area contributed by atoms with Crippen molar-refractivity contribution in [3.63, 3.8) is 0 Å². The number of aromatic amines is 1. The first-order valence-electron chi connectivity index (χ1n) is 18.3. The third-order valence-corrected chi connectivity index (χ3v) is 12.7. The number of thiazole rings is 2. The summed E-state index contributed by atoms with van der Waals surface area (Å²) in [6.07, 6.45) is 0. The van der Waals surface area contributed by atoms with Gasteiger partial charge in [0.15, 0.2) is 24.6 Å². The molecule has 2 aromatic carbocycles. The summed E-state index contributed by atoms with van der Waals surface area (Å²) < 4.78 is 10.9. The van der Waals surface area contributed by atoms with Crippen molar-refractivity contribution >= 4 is 34.1 Å². The van der Waals surface area contributed by atoms with E-state index in [-0.39, 0.29) is 33.9 Å². The Labute approximate surface area is 354 Å². The second-order valence-corrected chi connectivity index (χ2v) is 17.0. The van der Waals surface area contributed by atoms with E-state index in [1.807, 2.05) is 55.4 Å². The van der Waals surface area contributed by atoms with Crippen LogP contribution in [0.5, 0.6) is 0 Å². The molecule has 0 bridgehead atoms. The molecule has 6 rings (SSSR count). The van der Waals surface area contributed by atoms with Crippen LogP contribution in [0.25, 0.3) is 0 Å². The number of oxime groups is 2. The number of benzene rings is 2. The van der Waals surface area contributed by atoms with Gasteiger partial charge in [-0.05, 0) is 153 Å². The summed E-state index contributed by atoms with van der Waals surface area (Å²) in [5, 5.41) is 18.5. The maximum Gasteiger partial charge on any atom is 0.441 e. The standard InChI is InChI=1S/C21H26N4O3S.C20H24N4O3S.2CH4/c1-10-11(2)13(4)18(14(5)12(10)3)19(20-24-28-21(26)25(20)8)23-27-9-17-15(6)29-16(7)22-17;1-9-10(2)12(4)17(13(5)11(9)3)18(19-22-20(25)27-24-19)23-26-8-16-14(6)28-15(7)21-16;;/h9H2,1-8H3;8H2,1-7H3,(H,22,24,25);2*1H4. The largest absolute Gasteiger partial charge is 0.441 e. The zero-order chi connectivity index (χ0) is 42.0. The molecule has 0 atom stereocenters. The van der Waals surface area contributed by atoms with Crippen LogP contribution in [0.2, 0.25) is 0 Å². The molecule has 4 aromatic heterocycles. The number of hydrogen-bond acceptors (Lipinski definition) is 14. The third kappa shape index (κ3) is 9.87. The van der Waals surface area contributed by atoms with Gasteiger partial charge in [0.25, 0.3) is 0 Å². The lowest BCUT2D eigenvalue weighted by Gasteiger charge is -2.19. The quantitative estimate of drug-likeness (QED) is 0.103. The van der Waals surface area contributed by atoms with E-state index < -0.39 is 11.5 Å². The Morgan fingerprint density at radius 1 is 0.593 bits per heavy atom. The fourth-order valence-electron chi connectivity index (χ4n) is 6.67. The van der Waals surface area contributed by atoms with Gasteiger partial charge < -0.3 is 9.68 Å². The van der Waals surface area contributed by atoms with Crippen molar-refractivity contribution in [3.8, 4) is 0 Å². The molecule has 0 spiro atoms. The predicted molar refractivity (Wildman–Crippen MR) is 237 cm³/mol. The molecular weight excluding hydrogens is 789 g/mol. The molecule has 16 heteroatoms. The number of nitrogens with zero attached hydrogens (tertiary/aromatic N) is 7. The lowest BCUT2D eigenvalue weighted by atomic mass is 9.87. The summed E-state index contributed by atoms with van der Waals surface area (Å²) in [6.45, 7) is 29.1. The van der Waals surface area contributed by atoms with E-state index in [0.717, 1.165) is 64.5 Å². The summed E-state index contributed by atoms with van der Waals surface area (Å²) in [5.41, 5.74) is 15.9. The van der Waals surface area contributed by atoms with Crippen molar-refractivity contribution in [1.29, 1.82) is 0 Å². The Balaban J connectivity index is 0.000000305.